The summed E-state index contributed by atoms with van der Waals surface area (Å²) in [4.78, 5) is 25.3. The SMILES string of the molecule is CCCCCC[C@@H](OC(=O)C1CCc2cc(OC(=O)c3ccc(OCCCCC(F)(F)C(F)(F)C(F)(F)C(F)(F)F)cc3)ccc2C1)C(F)(F)F. The fraction of sp³-hybridized carbons (Fsp3) is 0.588. The molecule has 0 fully saturated rings. The van der Waals surface area contributed by atoms with Crippen molar-refractivity contribution < 1.29 is 76.5 Å². The molecule has 0 aliphatic heterocycles. The molecule has 0 aromatic heterocycles. The molecule has 1 unspecified atom stereocenters. The van der Waals surface area contributed by atoms with E-state index in [1.807, 2.05) is 6.92 Å². The van der Waals surface area contributed by atoms with Crippen LogP contribution in [0.2, 0.25) is 0 Å². The van der Waals surface area contributed by atoms with Gasteiger partial charge in [-0.15, -0.1) is 0 Å². The molecule has 0 amide bonds. The highest BCUT2D eigenvalue weighted by Crippen LogP contribution is 2.54. The standard InChI is InChI=1S/C34H36F12O5/c1-2-3-4-5-8-27(31(37,38)39)51-29(48)24-10-9-23-20-26(16-13-22(23)19-24)50-28(47)21-11-14-25(15-12-21)49-18-7-6-17-30(35,36)32(40,41)33(42,43)34(44,45)46/h11-16,20,24,27H,2-10,17-19H2,1H3/t24?,27-/m1/s1. The van der Waals surface area contributed by atoms with E-state index in [1.165, 1.54) is 30.3 Å². The minimum absolute atomic E-state index is 0.0456. The number of unbranched alkanes of at least 4 members (excludes halogenated alkanes) is 4. The zero-order chi connectivity index (χ0) is 38.3. The molecule has 0 heterocycles. The second kappa shape index (κ2) is 16.8. The van der Waals surface area contributed by atoms with Gasteiger partial charge in [0.2, 0.25) is 0 Å². The molecule has 0 saturated heterocycles. The van der Waals surface area contributed by atoms with Gasteiger partial charge in [0, 0.05) is 6.42 Å². The minimum atomic E-state index is -6.94. The van der Waals surface area contributed by atoms with Crippen LogP contribution < -0.4 is 9.47 Å². The van der Waals surface area contributed by atoms with Gasteiger partial charge in [-0.3, -0.25) is 4.79 Å². The summed E-state index contributed by atoms with van der Waals surface area (Å²) in [6.45, 7) is 1.54. The summed E-state index contributed by atoms with van der Waals surface area (Å²) in [5.41, 5.74) is 1.47. The number of aryl methyl sites for hydroxylation is 1. The quantitative estimate of drug-likeness (QED) is 0.0697. The Morgan fingerprint density at radius 2 is 1.41 bits per heavy atom. The summed E-state index contributed by atoms with van der Waals surface area (Å²) in [6, 6.07) is 9.74. The van der Waals surface area contributed by atoms with Gasteiger partial charge in [-0.2, -0.15) is 52.7 Å². The molecule has 0 bridgehead atoms. The summed E-state index contributed by atoms with van der Waals surface area (Å²) in [5.74, 6) is -21.5. The maximum absolute atomic E-state index is 13.6. The maximum atomic E-state index is 13.6. The van der Waals surface area contributed by atoms with Gasteiger partial charge in [0.05, 0.1) is 18.1 Å². The van der Waals surface area contributed by atoms with E-state index in [9.17, 15) is 62.3 Å². The van der Waals surface area contributed by atoms with Crippen molar-refractivity contribution in [3.05, 3.63) is 59.2 Å². The van der Waals surface area contributed by atoms with Crippen molar-refractivity contribution in [2.24, 2.45) is 5.92 Å². The van der Waals surface area contributed by atoms with Gasteiger partial charge in [-0.1, -0.05) is 32.3 Å². The average Bonchev–Trinajstić information content (AvgIpc) is 3.04. The fourth-order valence-corrected chi connectivity index (χ4v) is 5.34. The molecule has 0 radical (unpaired) electrons. The lowest BCUT2D eigenvalue weighted by Gasteiger charge is -2.33. The molecule has 0 saturated carbocycles. The molecule has 1 aliphatic carbocycles. The molecular weight excluding hydrogens is 716 g/mol. The van der Waals surface area contributed by atoms with E-state index in [-0.39, 0.29) is 42.7 Å². The average molecular weight is 753 g/mol. The second-order valence-electron chi connectivity index (χ2n) is 12.3. The van der Waals surface area contributed by atoms with Gasteiger partial charge in [0.1, 0.15) is 11.5 Å². The summed E-state index contributed by atoms with van der Waals surface area (Å²) in [7, 11) is 0. The summed E-state index contributed by atoms with van der Waals surface area (Å²) >= 11 is 0. The van der Waals surface area contributed by atoms with E-state index in [1.54, 1.807) is 12.1 Å². The number of alkyl halides is 12. The zero-order valence-electron chi connectivity index (χ0n) is 27.3. The Balaban J connectivity index is 1.48. The lowest BCUT2D eigenvalue weighted by molar-refractivity contribution is -0.396. The van der Waals surface area contributed by atoms with Crippen molar-refractivity contribution in [1.29, 1.82) is 0 Å². The van der Waals surface area contributed by atoms with Gasteiger partial charge in [0.25, 0.3) is 0 Å². The first-order chi connectivity index (χ1) is 23.6. The van der Waals surface area contributed by atoms with Crippen molar-refractivity contribution in [2.75, 3.05) is 6.61 Å². The molecule has 1 aliphatic rings. The first-order valence-electron chi connectivity index (χ1n) is 16.1. The summed E-state index contributed by atoms with van der Waals surface area (Å²) in [5, 5.41) is 0. The van der Waals surface area contributed by atoms with Gasteiger partial charge in [-0.25, -0.2) is 4.79 Å². The van der Waals surface area contributed by atoms with Crippen LogP contribution in [-0.4, -0.2) is 54.8 Å². The topological polar surface area (TPSA) is 61.8 Å². The van der Waals surface area contributed by atoms with Crippen LogP contribution in [-0.2, 0) is 22.4 Å². The normalized spacial score (nSPS) is 16.3. The number of esters is 2. The van der Waals surface area contributed by atoms with Crippen LogP contribution >= 0.6 is 0 Å². The van der Waals surface area contributed by atoms with Crippen LogP contribution in [0.5, 0.6) is 11.5 Å². The largest absolute Gasteiger partial charge is 0.494 e. The first-order valence-corrected chi connectivity index (χ1v) is 16.1. The Bertz CT molecular complexity index is 1460. The predicted molar refractivity (Wildman–Crippen MR) is 158 cm³/mol. The molecule has 51 heavy (non-hydrogen) atoms. The third-order valence-corrected chi connectivity index (χ3v) is 8.35. The molecule has 2 aromatic rings. The molecule has 2 aromatic carbocycles. The van der Waals surface area contributed by atoms with Gasteiger partial charge < -0.3 is 14.2 Å². The highest BCUT2D eigenvalue weighted by molar-refractivity contribution is 5.91. The number of hydrogen-bond donors (Lipinski definition) is 0. The zero-order valence-corrected chi connectivity index (χ0v) is 27.3. The van der Waals surface area contributed by atoms with Crippen molar-refractivity contribution in [3.8, 4) is 11.5 Å². The number of hydrogen-bond acceptors (Lipinski definition) is 5. The van der Waals surface area contributed by atoms with Crippen LogP contribution in [0.25, 0.3) is 0 Å². The fourth-order valence-electron chi connectivity index (χ4n) is 5.34. The van der Waals surface area contributed by atoms with E-state index < -0.39 is 80.0 Å². The number of benzene rings is 2. The molecule has 17 heteroatoms. The van der Waals surface area contributed by atoms with Crippen molar-refractivity contribution >= 4 is 11.9 Å². The monoisotopic (exact) mass is 752 g/mol. The van der Waals surface area contributed by atoms with Gasteiger partial charge in [-0.05, 0) is 92.5 Å². The summed E-state index contributed by atoms with van der Waals surface area (Å²) in [6.07, 6.45) is -14.0. The Hall–Kier alpha value is -3.66. The van der Waals surface area contributed by atoms with Crippen LogP contribution in [0.15, 0.2) is 42.5 Å². The van der Waals surface area contributed by atoms with E-state index in [2.05, 4.69) is 0 Å². The molecule has 2 atom stereocenters. The smallest absolute Gasteiger partial charge is 0.460 e. The lowest BCUT2D eigenvalue weighted by Crippen LogP contribution is -2.60. The predicted octanol–water partition coefficient (Wildman–Crippen LogP) is 10.5. The van der Waals surface area contributed by atoms with E-state index >= 15 is 0 Å². The van der Waals surface area contributed by atoms with Crippen LogP contribution in [0.3, 0.4) is 0 Å². The lowest BCUT2D eigenvalue weighted by atomic mass is 9.84. The third-order valence-electron chi connectivity index (χ3n) is 8.35. The number of carbonyl (C=O) groups excluding carboxylic acids is 2. The number of carbonyl (C=O) groups is 2. The van der Waals surface area contributed by atoms with Crippen molar-refractivity contribution in [3.63, 3.8) is 0 Å². The van der Waals surface area contributed by atoms with Crippen molar-refractivity contribution in [2.45, 2.75) is 114 Å². The van der Waals surface area contributed by atoms with Crippen LogP contribution in [0.1, 0.15) is 86.2 Å². The van der Waals surface area contributed by atoms with Crippen LogP contribution in [0, 0.1) is 5.92 Å². The number of rotatable bonds is 17. The highest BCUT2D eigenvalue weighted by Gasteiger charge is 2.81. The molecule has 0 N–H and O–H groups in total. The Kier molecular flexibility index (Phi) is 13.7. The molecule has 286 valence electrons. The molecule has 3 rings (SSSR count). The Morgan fingerprint density at radius 1 is 0.765 bits per heavy atom. The Labute approximate surface area is 285 Å². The van der Waals surface area contributed by atoms with Gasteiger partial charge in [0.15, 0.2) is 6.10 Å². The number of fused-ring (bicyclic) bond motifs is 1. The third kappa shape index (κ3) is 10.7. The van der Waals surface area contributed by atoms with E-state index in [0.29, 0.717) is 18.4 Å². The number of ether oxygens (including phenoxy) is 3. The second-order valence-corrected chi connectivity index (χ2v) is 12.3. The van der Waals surface area contributed by atoms with Crippen LogP contribution in [0.4, 0.5) is 52.7 Å². The highest BCUT2D eigenvalue weighted by atomic mass is 19.4. The maximum Gasteiger partial charge on any atom is 0.460 e. The molecule has 5 nitrogen and oxygen atoms in total. The summed E-state index contributed by atoms with van der Waals surface area (Å²) < 4.78 is 173. The van der Waals surface area contributed by atoms with Crippen molar-refractivity contribution in [1.82, 2.24) is 0 Å². The first kappa shape index (κ1) is 41.8. The Morgan fingerprint density at radius 3 is 2.02 bits per heavy atom. The minimum Gasteiger partial charge on any atom is -0.494 e. The van der Waals surface area contributed by atoms with E-state index in [0.717, 1.165) is 18.4 Å². The molecule has 0 spiro atoms. The van der Waals surface area contributed by atoms with E-state index in [4.69, 9.17) is 14.2 Å². The number of halogens is 12. The molecular formula is C34H36F12O5. The van der Waals surface area contributed by atoms with Gasteiger partial charge >= 0.3 is 42.1 Å².